The van der Waals surface area contributed by atoms with Gasteiger partial charge in [0.1, 0.15) is 5.82 Å². The van der Waals surface area contributed by atoms with E-state index in [2.05, 4.69) is 58.9 Å². The molecule has 1 aromatic heterocycles. The van der Waals surface area contributed by atoms with Gasteiger partial charge >= 0.3 is 0 Å². The molecule has 2 aromatic rings. The van der Waals surface area contributed by atoms with Gasteiger partial charge in [0, 0.05) is 13.6 Å². The molecule has 0 radical (unpaired) electrons. The van der Waals surface area contributed by atoms with Gasteiger partial charge in [0.15, 0.2) is 11.8 Å². The van der Waals surface area contributed by atoms with Crippen LogP contribution in [0.4, 0.5) is 0 Å². The highest BCUT2D eigenvalue weighted by Crippen LogP contribution is 2.10. The van der Waals surface area contributed by atoms with E-state index in [1.165, 1.54) is 11.1 Å². The lowest BCUT2D eigenvalue weighted by atomic mass is 10.1. The van der Waals surface area contributed by atoms with Crippen LogP contribution in [-0.2, 0) is 26.6 Å². The molecule has 0 fully saturated rings. The first-order chi connectivity index (χ1) is 12.2. The maximum atomic E-state index is 4.76. The van der Waals surface area contributed by atoms with Gasteiger partial charge in [-0.1, -0.05) is 44.5 Å². The molecule has 0 saturated heterocycles. The van der Waals surface area contributed by atoms with Crippen molar-refractivity contribution < 1.29 is 0 Å². The van der Waals surface area contributed by atoms with Crippen LogP contribution in [0.25, 0.3) is 0 Å². The van der Waals surface area contributed by atoms with Crippen molar-refractivity contribution in [2.45, 2.75) is 53.1 Å². The van der Waals surface area contributed by atoms with Gasteiger partial charge in [0.05, 0.1) is 13.1 Å². The number of rotatable bonds is 8. The van der Waals surface area contributed by atoms with Crippen molar-refractivity contribution in [3.05, 3.63) is 47.0 Å². The summed E-state index contributed by atoms with van der Waals surface area (Å²) in [7, 11) is 1.98. The minimum absolute atomic E-state index is 0.602. The van der Waals surface area contributed by atoms with Gasteiger partial charge in [0.2, 0.25) is 0 Å². The van der Waals surface area contributed by atoms with E-state index in [9.17, 15) is 0 Å². The Morgan fingerprint density at radius 2 is 1.88 bits per heavy atom. The Hall–Kier alpha value is -2.37. The van der Waals surface area contributed by atoms with E-state index in [0.717, 1.165) is 43.4 Å². The lowest BCUT2D eigenvalue weighted by Gasteiger charge is -2.13. The molecule has 136 valence electrons. The lowest BCUT2D eigenvalue weighted by molar-refractivity contribution is 0.695. The molecule has 6 nitrogen and oxygen atoms in total. The average Bonchev–Trinajstić information content (AvgIpc) is 2.95. The molecule has 0 atom stereocenters. The van der Waals surface area contributed by atoms with Crippen molar-refractivity contribution in [1.82, 2.24) is 25.4 Å². The summed E-state index contributed by atoms with van der Waals surface area (Å²) in [6, 6.07) is 8.48. The summed E-state index contributed by atoms with van der Waals surface area (Å²) in [5.41, 5.74) is 2.62. The largest absolute Gasteiger partial charge is 0.356 e. The highest BCUT2D eigenvalue weighted by Gasteiger charge is 2.06. The lowest BCUT2D eigenvalue weighted by Crippen LogP contribution is -2.38. The smallest absolute Gasteiger partial charge is 0.191 e. The zero-order valence-corrected chi connectivity index (χ0v) is 15.8. The monoisotopic (exact) mass is 342 g/mol. The van der Waals surface area contributed by atoms with Crippen molar-refractivity contribution in [2.24, 2.45) is 12.0 Å². The number of nitrogens with one attached hydrogen (secondary N) is 2. The van der Waals surface area contributed by atoms with E-state index in [1.54, 1.807) is 0 Å². The number of hydrogen-bond acceptors (Lipinski definition) is 3. The minimum Gasteiger partial charge on any atom is -0.356 e. The second-order valence-electron chi connectivity index (χ2n) is 6.14. The maximum absolute atomic E-state index is 4.76. The predicted octanol–water partition coefficient (Wildman–Crippen LogP) is 2.72. The molecule has 25 heavy (non-hydrogen) atoms. The van der Waals surface area contributed by atoms with Crippen molar-refractivity contribution >= 4 is 5.96 Å². The number of hydrogen-bond donors (Lipinski definition) is 2. The number of unbranched alkanes of at least 4 members (excludes halogenated alkanes) is 1. The van der Waals surface area contributed by atoms with E-state index >= 15 is 0 Å². The zero-order chi connectivity index (χ0) is 18.1. The summed E-state index contributed by atoms with van der Waals surface area (Å²) >= 11 is 0. The Morgan fingerprint density at radius 1 is 1.12 bits per heavy atom. The van der Waals surface area contributed by atoms with Crippen LogP contribution in [0.15, 0.2) is 29.3 Å². The van der Waals surface area contributed by atoms with Crippen molar-refractivity contribution in [1.29, 1.82) is 0 Å². The van der Waals surface area contributed by atoms with E-state index < -0.39 is 0 Å². The second kappa shape index (κ2) is 9.81. The molecule has 2 N–H and O–H groups in total. The molecule has 1 aromatic carbocycles. The predicted molar refractivity (Wildman–Crippen MR) is 102 cm³/mol. The Labute approximate surface area is 150 Å². The van der Waals surface area contributed by atoms with Crippen LogP contribution in [0.5, 0.6) is 0 Å². The van der Waals surface area contributed by atoms with E-state index in [4.69, 9.17) is 4.99 Å². The Kier molecular flexibility index (Phi) is 7.44. The standard InChI is InChI=1S/C19H30N6/c1-5-7-12-20-19(22-14-18-24-23-15(3)25(18)4)21-13-17-11-9-8-10-16(17)6-2/h8-11H,5-7,12-14H2,1-4H3,(H2,20,21,22). The first kappa shape index (κ1) is 19.0. The Morgan fingerprint density at radius 3 is 2.52 bits per heavy atom. The average molecular weight is 342 g/mol. The fraction of sp³-hybridized carbons (Fsp3) is 0.526. The molecule has 1 heterocycles. The first-order valence-corrected chi connectivity index (χ1v) is 9.09. The number of aromatic nitrogens is 3. The number of aryl methyl sites for hydroxylation is 2. The van der Waals surface area contributed by atoms with Crippen LogP contribution < -0.4 is 10.6 Å². The number of aliphatic imine (C=N–C) groups is 1. The van der Waals surface area contributed by atoms with E-state index in [-0.39, 0.29) is 0 Å². The van der Waals surface area contributed by atoms with Gasteiger partial charge in [-0.3, -0.25) is 0 Å². The third kappa shape index (κ3) is 5.59. The van der Waals surface area contributed by atoms with Gasteiger partial charge in [-0.2, -0.15) is 0 Å². The number of nitrogens with zero attached hydrogens (tertiary/aromatic N) is 4. The van der Waals surface area contributed by atoms with Gasteiger partial charge in [-0.15, -0.1) is 10.2 Å². The quantitative estimate of drug-likeness (QED) is 0.440. The van der Waals surface area contributed by atoms with Crippen LogP contribution in [-0.4, -0.2) is 27.3 Å². The SMILES string of the molecule is CCCCNC(=NCc1ccccc1CC)NCc1nnc(C)n1C. The van der Waals surface area contributed by atoms with Crippen molar-refractivity contribution in [3.63, 3.8) is 0 Å². The summed E-state index contributed by atoms with van der Waals surface area (Å²) in [6.07, 6.45) is 3.30. The molecule has 0 unspecified atom stereocenters. The van der Waals surface area contributed by atoms with Gasteiger partial charge in [-0.25, -0.2) is 4.99 Å². The molecule has 0 saturated carbocycles. The summed E-state index contributed by atoms with van der Waals surface area (Å²) < 4.78 is 1.99. The third-order valence-corrected chi connectivity index (χ3v) is 4.33. The molecule has 2 rings (SSSR count). The van der Waals surface area contributed by atoms with E-state index in [0.29, 0.717) is 13.1 Å². The summed E-state index contributed by atoms with van der Waals surface area (Å²) in [4.78, 5) is 4.76. The fourth-order valence-corrected chi connectivity index (χ4v) is 2.55. The molecule has 0 spiro atoms. The molecule has 6 heteroatoms. The van der Waals surface area contributed by atoms with Crippen LogP contribution in [0, 0.1) is 6.92 Å². The first-order valence-electron chi connectivity index (χ1n) is 9.09. The molecule has 0 aliphatic rings. The van der Waals surface area contributed by atoms with E-state index in [1.807, 2.05) is 18.5 Å². The molecular weight excluding hydrogens is 312 g/mol. The maximum Gasteiger partial charge on any atom is 0.191 e. The molecule has 0 bridgehead atoms. The Balaban J connectivity index is 2.04. The molecule has 0 aliphatic carbocycles. The molecule has 0 amide bonds. The summed E-state index contributed by atoms with van der Waals surface area (Å²) in [6.45, 7) is 8.50. The molecular formula is C19H30N6. The van der Waals surface area contributed by atoms with Crippen molar-refractivity contribution in [3.8, 4) is 0 Å². The number of benzene rings is 1. The zero-order valence-electron chi connectivity index (χ0n) is 15.8. The van der Waals surface area contributed by atoms with Crippen LogP contribution in [0.2, 0.25) is 0 Å². The second-order valence-corrected chi connectivity index (χ2v) is 6.14. The normalized spacial score (nSPS) is 11.6. The Bertz CT molecular complexity index is 689. The fourth-order valence-electron chi connectivity index (χ4n) is 2.55. The van der Waals surface area contributed by atoms with Gasteiger partial charge in [-0.05, 0) is 30.9 Å². The van der Waals surface area contributed by atoms with Gasteiger partial charge in [0.25, 0.3) is 0 Å². The highest BCUT2D eigenvalue weighted by molar-refractivity contribution is 5.79. The highest BCUT2D eigenvalue weighted by atomic mass is 15.3. The topological polar surface area (TPSA) is 67.1 Å². The minimum atomic E-state index is 0.602. The van der Waals surface area contributed by atoms with Crippen LogP contribution in [0.3, 0.4) is 0 Å². The summed E-state index contributed by atoms with van der Waals surface area (Å²) in [5.74, 6) is 2.63. The third-order valence-electron chi connectivity index (χ3n) is 4.33. The number of guanidine groups is 1. The van der Waals surface area contributed by atoms with Gasteiger partial charge < -0.3 is 15.2 Å². The van der Waals surface area contributed by atoms with Crippen LogP contribution in [0.1, 0.15) is 49.5 Å². The summed E-state index contributed by atoms with van der Waals surface area (Å²) in [5, 5.41) is 15.1. The van der Waals surface area contributed by atoms with Crippen LogP contribution >= 0.6 is 0 Å². The molecule has 0 aliphatic heterocycles. The van der Waals surface area contributed by atoms with Crippen molar-refractivity contribution in [2.75, 3.05) is 6.54 Å².